The number of phenols is 1. The van der Waals surface area contributed by atoms with Crippen molar-refractivity contribution in [3.63, 3.8) is 0 Å². The molecule has 3 aliphatic rings. The van der Waals surface area contributed by atoms with Gasteiger partial charge in [-0.2, -0.15) is 11.3 Å². The van der Waals surface area contributed by atoms with Crippen LogP contribution in [0.4, 0.5) is 16.2 Å². The molecule has 3 amide bonds. The Morgan fingerprint density at radius 3 is 2.55 bits per heavy atom. The van der Waals surface area contributed by atoms with Crippen LogP contribution < -0.4 is 19.3 Å². The Hall–Kier alpha value is -5.82. The molecular weight excluding hydrogens is 778 g/mol. The van der Waals surface area contributed by atoms with Crippen LogP contribution in [0, 0.1) is 0 Å². The molecule has 0 radical (unpaired) electrons. The smallest absolute Gasteiger partial charge is 0.416 e. The molecule has 4 heterocycles. The molecule has 0 saturated heterocycles. The Morgan fingerprint density at radius 1 is 1.00 bits per heavy atom. The number of amides is 3. The van der Waals surface area contributed by atoms with E-state index >= 15 is 0 Å². The summed E-state index contributed by atoms with van der Waals surface area (Å²) in [6, 6.07) is 21.5. The van der Waals surface area contributed by atoms with Crippen molar-refractivity contribution < 1.29 is 38.4 Å². The van der Waals surface area contributed by atoms with E-state index in [-0.39, 0.29) is 60.1 Å². The highest BCUT2D eigenvalue weighted by molar-refractivity contribution is 7.08. The molecule has 3 aliphatic heterocycles. The summed E-state index contributed by atoms with van der Waals surface area (Å²) in [6.45, 7) is 4.47. The quantitative estimate of drug-likeness (QED) is 0.104. The Bertz CT molecular complexity index is 2430. The third-order valence-corrected chi connectivity index (χ3v) is 12.1. The van der Waals surface area contributed by atoms with Gasteiger partial charge in [0.1, 0.15) is 19.0 Å². The van der Waals surface area contributed by atoms with E-state index in [0.717, 1.165) is 38.6 Å². The molecule has 0 spiro atoms. The number of phenolic OH excluding ortho intramolecular Hbond substituents is 1. The van der Waals surface area contributed by atoms with Crippen molar-refractivity contribution in [3.8, 4) is 17.2 Å². The van der Waals surface area contributed by atoms with E-state index in [0.29, 0.717) is 36.8 Å². The topological polar surface area (TPSA) is 118 Å². The fraction of sp³-hybridized carbons (Fsp3) is 0.267. The number of benzene rings is 4. The number of hydrogen-bond donors (Lipinski definition) is 1. The summed E-state index contributed by atoms with van der Waals surface area (Å²) in [6.07, 6.45) is 2.48. The largest absolute Gasteiger partial charge is 0.507 e. The Kier molecular flexibility index (Phi) is 11.2. The standard InChI is InChI=1S/C45H42ClN3O8S/c1-4-15-56-45(53)49-35-22-40(39(54-2)20-34(35)43(52)47-14-12-29(30-13-16-58-26-30)19-37(47)44(49)55-3)57-25-28-9-7-8-27(17-28)18-41(51)48-24-31(23-46)42-33-11-6-5-10-32(33)38(50)21-36(42)48/h4-13,16-17,20-22,26,31,37,44,50H,1,14-15,18-19,23-25H2,2-3H3/t31-,37+,44?/m1/s1. The van der Waals surface area contributed by atoms with Crippen molar-refractivity contribution in [2.75, 3.05) is 49.6 Å². The number of methoxy groups -OCH3 is 2. The molecule has 298 valence electrons. The highest BCUT2D eigenvalue weighted by atomic mass is 35.5. The maximum atomic E-state index is 14.4. The van der Waals surface area contributed by atoms with Crippen LogP contribution in [0.5, 0.6) is 17.2 Å². The van der Waals surface area contributed by atoms with Gasteiger partial charge >= 0.3 is 6.09 Å². The molecule has 0 bridgehead atoms. The number of fused-ring (bicyclic) bond motifs is 5. The summed E-state index contributed by atoms with van der Waals surface area (Å²) in [5, 5.41) is 16.5. The van der Waals surface area contributed by atoms with Gasteiger partial charge in [-0.05, 0) is 62.5 Å². The molecule has 0 aliphatic carbocycles. The van der Waals surface area contributed by atoms with E-state index in [1.54, 1.807) is 39.3 Å². The summed E-state index contributed by atoms with van der Waals surface area (Å²) in [7, 11) is 3.00. The average Bonchev–Trinajstić information content (AvgIpc) is 3.91. The van der Waals surface area contributed by atoms with Gasteiger partial charge in [-0.1, -0.05) is 67.3 Å². The lowest BCUT2D eigenvalue weighted by Crippen LogP contribution is -2.55. The average molecular weight is 820 g/mol. The van der Waals surface area contributed by atoms with Crippen molar-refractivity contribution in [2.45, 2.75) is 37.6 Å². The van der Waals surface area contributed by atoms with Gasteiger partial charge in [0.2, 0.25) is 5.91 Å². The van der Waals surface area contributed by atoms with Crippen LogP contribution >= 0.6 is 22.9 Å². The van der Waals surface area contributed by atoms with Gasteiger partial charge in [0.05, 0.1) is 36.5 Å². The molecule has 58 heavy (non-hydrogen) atoms. The van der Waals surface area contributed by atoms with E-state index in [1.807, 2.05) is 66.1 Å². The lowest BCUT2D eigenvalue weighted by atomic mass is 9.94. The SMILES string of the molecule is C=CCOC(=O)N1c2cc(OCc3cccc(CC(=O)N4C[C@@H](CCl)c5c4cc(O)c4ccccc54)c3)c(OC)cc2C(=O)N2CC=C(c3ccsc3)C[C@H]2C1OC. The first kappa shape index (κ1) is 39.0. The van der Waals surface area contributed by atoms with Crippen LogP contribution in [-0.4, -0.2) is 80.0 Å². The molecule has 8 rings (SSSR count). The summed E-state index contributed by atoms with van der Waals surface area (Å²) >= 11 is 8.01. The maximum absolute atomic E-state index is 14.4. The van der Waals surface area contributed by atoms with Crippen molar-refractivity contribution in [1.29, 1.82) is 0 Å². The summed E-state index contributed by atoms with van der Waals surface area (Å²) < 4.78 is 23.8. The van der Waals surface area contributed by atoms with Gasteiger partial charge in [0.15, 0.2) is 17.7 Å². The molecule has 4 aromatic carbocycles. The van der Waals surface area contributed by atoms with Crippen LogP contribution in [0.1, 0.15) is 45.0 Å². The number of ether oxygens (including phenoxy) is 4. The van der Waals surface area contributed by atoms with E-state index in [4.69, 9.17) is 30.5 Å². The van der Waals surface area contributed by atoms with Crippen LogP contribution in [0.3, 0.4) is 0 Å². The highest BCUT2D eigenvalue weighted by Crippen LogP contribution is 2.46. The summed E-state index contributed by atoms with van der Waals surface area (Å²) in [4.78, 5) is 47.0. The number of thiophene rings is 1. The predicted molar refractivity (Wildman–Crippen MR) is 225 cm³/mol. The molecule has 5 aromatic rings. The molecule has 1 aromatic heterocycles. The second-order valence-corrected chi connectivity index (χ2v) is 15.5. The number of nitrogens with zero attached hydrogens (tertiary/aromatic N) is 3. The first-order valence-electron chi connectivity index (χ1n) is 18.9. The minimum atomic E-state index is -0.898. The first-order valence-corrected chi connectivity index (χ1v) is 20.4. The number of halogens is 1. The Balaban J connectivity index is 1.06. The van der Waals surface area contributed by atoms with E-state index in [1.165, 1.54) is 25.2 Å². The fourth-order valence-corrected chi connectivity index (χ4v) is 9.24. The van der Waals surface area contributed by atoms with Gasteiger partial charge in [-0.3, -0.25) is 9.59 Å². The molecule has 13 heteroatoms. The molecule has 0 fully saturated rings. The number of carbonyl (C=O) groups excluding carboxylic acids is 3. The van der Waals surface area contributed by atoms with Crippen LogP contribution in [-0.2, 0) is 27.3 Å². The number of anilines is 2. The highest BCUT2D eigenvalue weighted by Gasteiger charge is 2.46. The van der Waals surface area contributed by atoms with Gasteiger partial charge in [0, 0.05) is 49.5 Å². The number of alkyl halides is 1. The third-order valence-electron chi connectivity index (χ3n) is 11.0. The van der Waals surface area contributed by atoms with E-state index in [9.17, 15) is 19.5 Å². The molecule has 3 atom stereocenters. The molecule has 11 nitrogen and oxygen atoms in total. The number of hydrogen-bond acceptors (Lipinski definition) is 9. The minimum Gasteiger partial charge on any atom is -0.507 e. The third kappa shape index (κ3) is 7.16. The molecule has 1 N–H and O–H groups in total. The van der Waals surface area contributed by atoms with Gasteiger partial charge in [0.25, 0.3) is 5.91 Å². The number of rotatable bonds is 11. The lowest BCUT2D eigenvalue weighted by molar-refractivity contribution is -0.117. The van der Waals surface area contributed by atoms with Crippen molar-refractivity contribution >= 4 is 68.6 Å². The molecular formula is C45H42ClN3O8S. The second kappa shape index (κ2) is 16.6. The van der Waals surface area contributed by atoms with Gasteiger partial charge in [-0.15, -0.1) is 11.6 Å². The molecule has 1 unspecified atom stereocenters. The monoisotopic (exact) mass is 819 g/mol. The summed E-state index contributed by atoms with van der Waals surface area (Å²) in [5.41, 5.74) is 5.82. The predicted octanol–water partition coefficient (Wildman–Crippen LogP) is 8.52. The van der Waals surface area contributed by atoms with Crippen LogP contribution in [0.2, 0.25) is 0 Å². The zero-order valence-corrected chi connectivity index (χ0v) is 33.6. The van der Waals surface area contributed by atoms with Gasteiger partial charge in [-0.25, -0.2) is 9.69 Å². The Labute approximate surface area is 345 Å². The van der Waals surface area contributed by atoms with Crippen LogP contribution in [0.15, 0.2) is 102 Å². The van der Waals surface area contributed by atoms with E-state index in [2.05, 4.69) is 12.0 Å². The summed E-state index contributed by atoms with van der Waals surface area (Å²) in [5.74, 6) is 0.563. The second-order valence-electron chi connectivity index (χ2n) is 14.4. The normalized spacial score (nSPS) is 18.5. The zero-order chi connectivity index (χ0) is 40.5. The first-order chi connectivity index (χ1) is 28.2. The lowest BCUT2D eigenvalue weighted by Gasteiger charge is -2.40. The Morgan fingerprint density at radius 2 is 1.81 bits per heavy atom. The zero-order valence-electron chi connectivity index (χ0n) is 32.1. The van der Waals surface area contributed by atoms with Crippen molar-refractivity contribution in [2.24, 2.45) is 0 Å². The van der Waals surface area contributed by atoms with E-state index < -0.39 is 18.4 Å². The fourth-order valence-electron chi connectivity index (χ4n) is 8.30. The number of carbonyl (C=O) groups is 3. The maximum Gasteiger partial charge on any atom is 0.416 e. The number of aromatic hydroxyl groups is 1. The minimum absolute atomic E-state index is 0.0429. The molecule has 0 saturated carbocycles. The van der Waals surface area contributed by atoms with Gasteiger partial charge < -0.3 is 33.9 Å². The van der Waals surface area contributed by atoms with Crippen molar-refractivity contribution in [1.82, 2.24) is 4.90 Å². The van der Waals surface area contributed by atoms with Crippen molar-refractivity contribution in [3.05, 3.63) is 130 Å². The van der Waals surface area contributed by atoms with Crippen LogP contribution in [0.25, 0.3) is 16.3 Å².